The summed E-state index contributed by atoms with van der Waals surface area (Å²) in [6, 6.07) is 0. The van der Waals surface area contributed by atoms with Crippen molar-refractivity contribution in [3.05, 3.63) is 18.2 Å². The number of hydrogen-bond donors (Lipinski definition) is 1. The SMILES string of the molecule is Br.CCCCCCCCCCCCCCCCc1cnc[nH]1. The third kappa shape index (κ3) is 13.4. The van der Waals surface area contributed by atoms with Crippen LogP contribution < -0.4 is 0 Å². The number of nitrogens with one attached hydrogen (secondary N) is 1. The van der Waals surface area contributed by atoms with Gasteiger partial charge in [0.1, 0.15) is 0 Å². The second kappa shape index (κ2) is 17.1. The van der Waals surface area contributed by atoms with Crippen molar-refractivity contribution in [1.82, 2.24) is 9.97 Å². The zero-order valence-electron chi connectivity index (χ0n) is 14.6. The number of aromatic amines is 1. The van der Waals surface area contributed by atoms with Crippen LogP contribution in [0.15, 0.2) is 12.5 Å². The predicted octanol–water partition coefficient (Wildman–Crippen LogP) is 7.01. The Labute approximate surface area is 148 Å². The largest absolute Gasteiger partial charge is 0.348 e. The fourth-order valence-electron chi connectivity index (χ4n) is 2.93. The quantitative estimate of drug-likeness (QED) is 0.329. The number of H-pyrrole nitrogens is 1. The van der Waals surface area contributed by atoms with Crippen molar-refractivity contribution in [2.75, 3.05) is 0 Å². The van der Waals surface area contributed by atoms with Gasteiger partial charge in [0.2, 0.25) is 0 Å². The van der Waals surface area contributed by atoms with Crippen molar-refractivity contribution >= 4 is 17.0 Å². The number of hydrogen-bond acceptors (Lipinski definition) is 1. The summed E-state index contributed by atoms with van der Waals surface area (Å²) in [4.78, 5) is 7.22. The smallest absolute Gasteiger partial charge is 0.0921 e. The first-order valence-corrected chi connectivity index (χ1v) is 9.40. The molecule has 22 heavy (non-hydrogen) atoms. The zero-order valence-corrected chi connectivity index (χ0v) is 16.3. The van der Waals surface area contributed by atoms with Crippen molar-refractivity contribution in [2.24, 2.45) is 0 Å². The van der Waals surface area contributed by atoms with Gasteiger partial charge in [-0.25, -0.2) is 4.98 Å². The number of nitrogens with zero attached hydrogens (tertiary/aromatic N) is 1. The summed E-state index contributed by atoms with van der Waals surface area (Å²) in [5.74, 6) is 0. The minimum Gasteiger partial charge on any atom is -0.348 e. The molecular formula is C19H37BrN2. The van der Waals surface area contributed by atoms with E-state index in [2.05, 4.69) is 16.9 Å². The standard InChI is InChI=1S/C19H36N2.BrH/c1-2-3-4-5-6-7-8-9-10-11-12-13-14-15-16-19-17-20-18-21-19;/h17-18H,2-16H2,1H3,(H,20,21);1H. The van der Waals surface area contributed by atoms with E-state index in [9.17, 15) is 0 Å². The van der Waals surface area contributed by atoms with Crippen LogP contribution in [0.1, 0.15) is 103 Å². The molecule has 0 atom stereocenters. The average Bonchev–Trinajstić information content (AvgIpc) is 3.01. The maximum absolute atomic E-state index is 4.05. The Balaban J connectivity index is 0.00000441. The number of aryl methyl sites for hydroxylation is 1. The second-order valence-corrected chi connectivity index (χ2v) is 6.42. The van der Waals surface area contributed by atoms with Crippen molar-refractivity contribution in [3.63, 3.8) is 0 Å². The van der Waals surface area contributed by atoms with Crippen LogP contribution >= 0.6 is 17.0 Å². The van der Waals surface area contributed by atoms with Gasteiger partial charge < -0.3 is 4.98 Å². The normalized spacial score (nSPS) is 10.6. The molecule has 0 spiro atoms. The Bertz CT molecular complexity index is 298. The topological polar surface area (TPSA) is 28.7 Å². The summed E-state index contributed by atoms with van der Waals surface area (Å²) in [6.45, 7) is 2.29. The summed E-state index contributed by atoms with van der Waals surface area (Å²) in [7, 11) is 0. The van der Waals surface area contributed by atoms with E-state index in [1.54, 1.807) is 6.33 Å². The van der Waals surface area contributed by atoms with Gasteiger partial charge in [-0.05, 0) is 12.8 Å². The van der Waals surface area contributed by atoms with E-state index in [0.29, 0.717) is 0 Å². The average molecular weight is 373 g/mol. The van der Waals surface area contributed by atoms with Gasteiger partial charge in [-0.15, -0.1) is 17.0 Å². The lowest BCUT2D eigenvalue weighted by atomic mass is 10.0. The van der Waals surface area contributed by atoms with Gasteiger partial charge in [0.15, 0.2) is 0 Å². The maximum atomic E-state index is 4.05. The van der Waals surface area contributed by atoms with Crippen LogP contribution in [-0.2, 0) is 6.42 Å². The molecule has 0 amide bonds. The molecule has 130 valence electrons. The molecule has 0 aliphatic heterocycles. The molecule has 1 heterocycles. The zero-order chi connectivity index (χ0) is 15.0. The summed E-state index contributed by atoms with van der Waals surface area (Å²) in [6.07, 6.45) is 24.9. The molecule has 1 N–H and O–H groups in total. The predicted molar refractivity (Wildman–Crippen MR) is 103 cm³/mol. The first-order chi connectivity index (χ1) is 10.4. The van der Waals surface area contributed by atoms with Gasteiger partial charge in [-0.1, -0.05) is 90.4 Å². The van der Waals surface area contributed by atoms with Crippen molar-refractivity contribution in [3.8, 4) is 0 Å². The molecule has 3 heteroatoms. The molecule has 0 fully saturated rings. The van der Waals surface area contributed by atoms with E-state index in [4.69, 9.17) is 0 Å². The van der Waals surface area contributed by atoms with Crippen LogP contribution in [-0.4, -0.2) is 9.97 Å². The molecule has 1 aromatic heterocycles. The molecule has 0 bridgehead atoms. The van der Waals surface area contributed by atoms with Crippen LogP contribution in [0.3, 0.4) is 0 Å². The Morgan fingerprint density at radius 3 is 1.59 bits per heavy atom. The summed E-state index contributed by atoms with van der Waals surface area (Å²) in [5.41, 5.74) is 1.29. The molecule has 0 saturated heterocycles. The van der Waals surface area contributed by atoms with Crippen molar-refractivity contribution in [1.29, 1.82) is 0 Å². The first-order valence-electron chi connectivity index (χ1n) is 9.40. The van der Waals surface area contributed by atoms with Gasteiger partial charge >= 0.3 is 0 Å². The molecule has 0 aromatic carbocycles. The highest BCUT2D eigenvalue weighted by molar-refractivity contribution is 8.93. The third-order valence-corrected chi connectivity index (χ3v) is 4.35. The van der Waals surface area contributed by atoms with Crippen molar-refractivity contribution in [2.45, 2.75) is 103 Å². The van der Waals surface area contributed by atoms with Crippen molar-refractivity contribution < 1.29 is 0 Å². The molecule has 0 unspecified atom stereocenters. The molecule has 0 saturated carbocycles. The van der Waals surface area contributed by atoms with E-state index >= 15 is 0 Å². The summed E-state index contributed by atoms with van der Waals surface area (Å²) >= 11 is 0. The van der Waals surface area contributed by atoms with E-state index in [0.717, 1.165) is 6.42 Å². The highest BCUT2D eigenvalue weighted by Gasteiger charge is 1.96. The lowest BCUT2D eigenvalue weighted by molar-refractivity contribution is 0.535. The van der Waals surface area contributed by atoms with Crippen LogP contribution in [0.2, 0.25) is 0 Å². The Morgan fingerprint density at radius 1 is 0.727 bits per heavy atom. The number of rotatable bonds is 15. The van der Waals surface area contributed by atoms with E-state index in [-0.39, 0.29) is 17.0 Å². The fraction of sp³-hybridized carbons (Fsp3) is 0.842. The molecule has 2 nitrogen and oxygen atoms in total. The maximum Gasteiger partial charge on any atom is 0.0921 e. The van der Waals surface area contributed by atoms with Gasteiger partial charge in [0.05, 0.1) is 6.33 Å². The Kier molecular flexibility index (Phi) is 16.8. The summed E-state index contributed by atoms with van der Waals surface area (Å²) in [5, 5.41) is 0. The van der Waals surface area contributed by atoms with Gasteiger partial charge in [-0.3, -0.25) is 0 Å². The second-order valence-electron chi connectivity index (χ2n) is 6.42. The number of imidazole rings is 1. The molecular weight excluding hydrogens is 336 g/mol. The Morgan fingerprint density at radius 2 is 1.18 bits per heavy atom. The monoisotopic (exact) mass is 372 g/mol. The van der Waals surface area contributed by atoms with E-state index in [1.807, 2.05) is 6.20 Å². The molecule has 0 aliphatic carbocycles. The molecule has 0 aliphatic rings. The lowest BCUT2D eigenvalue weighted by Crippen LogP contribution is -1.86. The van der Waals surface area contributed by atoms with Crippen LogP contribution in [0, 0.1) is 0 Å². The van der Waals surface area contributed by atoms with Crippen LogP contribution in [0.25, 0.3) is 0 Å². The minimum atomic E-state index is 0. The number of unbranched alkanes of at least 4 members (excludes halogenated alkanes) is 13. The lowest BCUT2D eigenvalue weighted by Gasteiger charge is -2.03. The van der Waals surface area contributed by atoms with Gasteiger partial charge in [-0.2, -0.15) is 0 Å². The molecule has 1 aromatic rings. The van der Waals surface area contributed by atoms with E-state index < -0.39 is 0 Å². The van der Waals surface area contributed by atoms with Crippen LogP contribution in [0.5, 0.6) is 0 Å². The molecule has 0 radical (unpaired) electrons. The van der Waals surface area contributed by atoms with E-state index in [1.165, 1.54) is 95.6 Å². The van der Waals surface area contributed by atoms with Gasteiger partial charge in [0, 0.05) is 11.9 Å². The minimum absolute atomic E-state index is 0. The third-order valence-electron chi connectivity index (χ3n) is 4.35. The fourth-order valence-corrected chi connectivity index (χ4v) is 2.93. The number of aromatic nitrogens is 2. The summed E-state index contributed by atoms with van der Waals surface area (Å²) < 4.78 is 0. The number of halogens is 1. The van der Waals surface area contributed by atoms with Crippen LogP contribution in [0.4, 0.5) is 0 Å². The van der Waals surface area contributed by atoms with Gasteiger partial charge in [0.25, 0.3) is 0 Å². The molecule has 1 rings (SSSR count). The highest BCUT2D eigenvalue weighted by Crippen LogP contribution is 2.13. The first kappa shape index (κ1) is 21.7. The highest BCUT2D eigenvalue weighted by atomic mass is 79.9. The Hall–Kier alpha value is -0.310.